The summed E-state index contributed by atoms with van der Waals surface area (Å²) in [5.41, 5.74) is 2.92. The van der Waals surface area contributed by atoms with Crippen LogP contribution in [0.25, 0.3) is 10.9 Å². The van der Waals surface area contributed by atoms with Crippen molar-refractivity contribution >= 4 is 16.9 Å². The van der Waals surface area contributed by atoms with Gasteiger partial charge in [0.2, 0.25) is 0 Å². The maximum absolute atomic E-state index is 12.5. The molecular formula is C21H30N4O2. The lowest BCUT2D eigenvalue weighted by Crippen LogP contribution is -2.52. The standard InChI is InChI=1S/C21H30N4O2/c1-4-16-7-8-19-17(13-16)14-18(20(26)22-19)15-23-9-11-25(12-10-23)21(27)24(5-2)6-3/h7-8,13-14H,4-6,9-12,15H2,1-3H3,(H,22,26). The Kier molecular flexibility index (Phi) is 6.16. The Balaban J connectivity index is 1.67. The van der Waals surface area contributed by atoms with Crippen LogP contribution in [0.5, 0.6) is 0 Å². The minimum Gasteiger partial charge on any atom is -0.325 e. The average Bonchev–Trinajstić information content (AvgIpc) is 2.69. The molecule has 1 aromatic carbocycles. The molecule has 6 nitrogen and oxygen atoms in total. The number of fused-ring (bicyclic) bond motifs is 1. The van der Waals surface area contributed by atoms with Gasteiger partial charge in [0.05, 0.1) is 0 Å². The zero-order chi connectivity index (χ0) is 19.4. The van der Waals surface area contributed by atoms with Crippen molar-refractivity contribution in [2.45, 2.75) is 33.7 Å². The Morgan fingerprint density at radius 1 is 1.07 bits per heavy atom. The predicted molar refractivity (Wildman–Crippen MR) is 109 cm³/mol. The largest absolute Gasteiger partial charge is 0.325 e. The SMILES string of the molecule is CCc1ccc2[nH]c(=O)c(CN3CCN(C(=O)N(CC)CC)CC3)cc2c1. The number of amides is 2. The monoisotopic (exact) mass is 370 g/mol. The van der Waals surface area contributed by atoms with Crippen LogP contribution < -0.4 is 5.56 Å². The van der Waals surface area contributed by atoms with Crippen LogP contribution in [0.3, 0.4) is 0 Å². The summed E-state index contributed by atoms with van der Waals surface area (Å²) in [6.07, 6.45) is 0.979. The molecule has 1 aromatic heterocycles. The normalized spacial score (nSPS) is 15.3. The number of hydrogen-bond donors (Lipinski definition) is 1. The topological polar surface area (TPSA) is 59.7 Å². The first-order valence-corrected chi connectivity index (χ1v) is 9.96. The van der Waals surface area contributed by atoms with Crippen LogP contribution in [0.1, 0.15) is 31.9 Å². The van der Waals surface area contributed by atoms with Gasteiger partial charge in [-0.3, -0.25) is 9.69 Å². The van der Waals surface area contributed by atoms with Gasteiger partial charge in [0.1, 0.15) is 0 Å². The number of aromatic amines is 1. The molecule has 0 unspecified atom stereocenters. The van der Waals surface area contributed by atoms with Gasteiger partial charge in [-0.2, -0.15) is 0 Å². The van der Waals surface area contributed by atoms with Crippen molar-refractivity contribution in [2.24, 2.45) is 0 Å². The van der Waals surface area contributed by atoms with E-state index in [-0.39, 0.29) is 11.6 Å². The zero-order valence-corrected chi connectivity index (χ0v) is 16.6. The smallest absolute Gasteiger partial charge is 0.320 e. The highest BCUT2D eigenvalue weighted by Gasteiger charge is 2.24. The van der Waals surface area contributed by atoms with Crippen LogP contribution in [0, 0.1) is 0 Å². The number of piperazine rings is 1. The molecule has 27 heavy (non-hydrogen) atoms. The van der Waals surface area contributed by atoms with Crippen LogP contribution in [-0.2, 0) is 13.0 Å². The molecule has 6 heteroatoms. The molecule has 1 aliphatic rings. The number of pyridine rings is 1. The molecule has 0 atom stereocenters. The molecule has 2 heterocycles. The Morgan fingerprint density at radius 2 is 1.78 bits per heavy atom. The zero-order valence-electron chi connectivity index (χ0n) is 16.6. The highest BCUT2D eigenvalue weighted by Crippen LogP contribution is 2.16. The van der Waals surface area contributed by atoms with Crippen LogP contribution in [0.15, 0.2) is 29.1 Å². The number of hydrogen-bond acceptors (Lipinski definition) is 3. The van der Waals surface area contributed by atoms with E-state index in [0.29, 0.717) is 19.6 Å². The summed E-state index contributed by atoms with van der Waals surface area (Å²) in [5.74, 6) is 0. The molecule has 1 saturated heterocycles. The molecule has 2 aromatic rings. The Labute approximate surface area is 160 Å². The highest BCUT2D eigenvalue weighted by atomic mass is 16.2. The predicted octanol–water partition coefficient (Wildman–Crippen LogP) is 2.67. The molecule has 1 aliphatic heterocycles. The van der Waals surface area contributed by atoms with E-state index in [1.807, 2.05) is 35.8 Å². The number of carbonyl (C=O) groups excluding carboxylic acids is 1. The summed E-state index contributed by atoms with van der Waals surface area (Å²) in [6, 6.07) is 8.33. The van der Waals surface area contributed by atoms with Gasteiger partial charge in [0, 0.05) is 56.9 Å². The van der Waals surface area contributed by atoms with E-state index >= 15 is 0 Å². The summed E-state index contributed by atoms with van der Waals surface area (Å²) < 4.78 is 0. The minimum atomic E-state index is -0.0200. The lowest BCUT2D eigenvalue weighted by Gasteiger charge is -2.37. The molecule has 3 rings (SSSR count). The number of urea groups is 1. The van der Waals surface area contributed by atoms with Crippen LogP contribution in [0.4, 0.5) is 4.79 Å². The second-order valence-electron chi connectivity index (χ2n) is 7.12. The highest BCUT2D eigenvalue weighted by molar-refractivity contribution is 5.79. The van der Waals surface area contributed by atoms with Gasteiger partial charge in [-0.25, -0.2) is 4.79 Å². The van der Waals surface area contributed by atoms with Crippen molar-refractivity contribution in [3.63, 3.8) is 0 Å². The molecule has 1 N–H and O–H groups in total. The molecule has 0 spiro atoms. The van der Waals surface area contributed by atoms with Crippen molar-refractivity contribution < 1.29 is 4.79 Å². The third-order valence-electron chi connectivity index (χ3n) is 5.46. The lowest BCUT2D eigenvalue weighted by molar-refractivity contribution is 0.112. The van der Waals surface area contributed by atoms with E-state index in [1.165, 1.54) is 5.56 Å². The third kappa shape index (κ3) is 4.33. The number of aromatic nitrogens is 1. The first-order valence-electron chi connectivity index (χ1n) is 9.96. The quantitative estimate of drug-likeness (QED) is 0.880. The van der Waals surface area contributed by atoms with Crippen molar-refractivity contribution in [2.75, 3.05) is 39.3 Å². The fraction of sp³-hybridized carbons (Fsp3) is 0.524. The second-order valence-corrected chi connectivity index (χ2v) is 7.12. The van der Waals surface area contributed by atoms with Crippen LogP contribution >= 0.6 is 0 Å². The Morgan fingerprint density at radius 3 is 2.41 bits per heavy atom. The summed E-state index contributed by atoms with van der Waals surface area (Å²) in [5, 5.41) is 1.08. The van der Waals surface area contributed by atoms with E-state index in [0.717, 1.165) is 49.1 Å². The van der Waals surface area contributed by atoms with Gasteiger partial charge in [0.15, 0.2) is 0 Å². The number of nitrogens with one attached hydrogen (secondary N) is 1. The van der Waals surface area contributed by atoms with Gasteiger partial charge in [-0.15, -0.1) is 0 Å². The van der Waals surface area contributed by atoms with Crippen LogP contribution in [-0.4, -0.2) is 65.0 Å². The Hall–Kier alpha value is -2.34. The molecular weight excluding hydrogens is 340 g/mol. The van der Waals surface area contributed by atoms with Crippen molar-refractivity contribution in [1.29, 1.82) is 0 Å². The van der Waals surface area contributed by atoms with Crippen molar-refractivity contribution in [3.8, 4) is 0 Å². The summed E-state index contributed by atoms with van der Waals surface area (Å²) in [7, 11) is 0. The third-order valence-corrected chi connectivity index (χ3v) is 5.46. The number of nitrogens with zero attached hydrogens (tertiary/aromatic N) is 3. The fourth-order valence-corrected chi connectivity index (χ4v) is 3.67. The van der Waals surface area contributed by atoms with E-state index in [2.05, 4.69) is 28.9 Å². The molecule has 146 valence electrons. The number of benzene rings is 1. The molecule has 2 amide bonds. The van der Waals surface area contributed by atoms with E-state index in [1.54, 1.807) is 0 Å². The molecule has 1 fully saturated rings. The summed E-state index contributed by atoms with van der Waals surface area (Å²) >= 11 is 0. The van der Waals surface area contributed by atoms with Crippen molar-refractivity contribution in [3.05, 3.63) is 45.7 Å². The van der Waals surface area contributed by atoms with E-state index in [4.69, 9.17) is 0 Å². The summed E-state index contributed by atoms with van der Waals surface area (Å²) in [6.45, 7) is 11.2. The molecule has 0 aliphatic carbocycles. The fourth-order valence-electron chi connectivity index (χ4n) is 3.67. The minimum absolute atomic E-state index is 0.0200. The van der Waals surface area contributed by atoms with Gasteiger partial charge in [0.25, 0.3) is 5.56 Å². The van der Waals surface area contributed by atoms with Gasteiger partial charge in [-0.1, -0.05) is 13.0 Å². The van der Waals surface area contributed by atoms with E-state index < -0.39 is 0 Å². The van der Waals surface area contributed by atoms with Crippen LogP contribution in [0.2, 0.25) is 0 Å². The number of H-pyrrole nitrogens is 1. The molecule has 0 radical (unpaired) electrons. The first kappa shape index (κ1) is 19.4. The number of aryl methyl sites for hydroxylation is 1. The Bertz CT molecular complexity index is 849. The van der Waals surface area contributed by atoms with Gasteiger partial charge < -0.3 is 14.8 Å². The average molecular weight is 370 g/mol. The van der Waals surface area contributed by atoms with Gasteiger partial charge >= 0.3 is 6.03 Å². The number of rotatable bonds is 5. The number of carbonyl (C=O) groups is 1. The van der Waals surface area contributed by atoms with Crippen molar-refractivity contribution in [1.82, 2.24) is 19.7 Å². The molecule has 0 saturated carbocycles. The second kappa shape index (κ2) is 8.57. The van der Waals surface area contributed by atoms with E-state index in [9.17, 15) is 9.59 Å². The maximum Gasteiger partial charge on any atom is 0.320 e. The van der Waals surface area contributed by atoms with Gasteiger partial charge in [-0.05, 0) is 49.4 Å². The molecule has 0 bridgehead atoms. The maximum atomic E-state index is 12.5. The lowest BCUT2D eigenvalue weighted by atomic mass is 10.1. The summed E-state index contributed by atoms with van der Waals surface area (Å²) in [4.78, 5) is 33.9. The first-order chi connectivity index (χ1) is 13.0.